The second kappa shape index (κ2) is 6.60. The van der Waals surface area contributed by atoms with Crippen molar-refractivity contribution in [2.45, 2.75) is 19.1 Å². The van der Waals surface area contributed by atoms with Crippen LogP contribution in [0.5, 0.6) is 0 Å². The molecule has 8 heteroatoms. The Morgan fingerprint density at radius 3 is 2.87 bits per heavy atom. The van der Waals surface area contributed by atoms with Crippen LogP contribution in [0.4, 0.5) is 0 Å². The molecule has 124 valence electrons. The molecule has 0 amide bonds. The van der Waals surface area contributed by atoms with Gasteiger partial charge in [-0.05, 0) is 17.7 Å². The van der Waals surface area contributed by atoms with Crippen molar-refractivity contribution >= 4 is 21.6 Å². The van der Waals surface area contributed by atoms with E-state index in [0.717, 1.165) is 29.4 Å². The third kappa shape index (κ3) is 4.11. The van der Waals surface area contributed by atoms with Gasteiger partial charge >= 0.3 is 0 Å². The molecule has 0 saturated heterocycles. The van der Waals surface area contributed by atoms with Crippen LogP contribution in [-0.2, 0) is 23.1 Å². The molecule has 0 saturated carbocycles. The Bertz CT molecular complexity index is 790. The summed E-state index contributed by atoms with van der Waals surface area (Å²) in [5.74, 6) is 0. The summed E-state index contributed by atoms with van der Waals surface area (Å²) in [5.41, 5.74) is 2.14. The van der Waals surface area contributed by atoms with E-state index >= 15 is 0 Å². The monoisotopic (exact) mass is 354 g/mol. The van der Waals surface area contributed by atoms with Gasteiger partial charge in [-0.25, -0.2) is 13.1 Å². The molecule has 0 fully saturated rings. The molecular formula is C15H19ClN4O2S. The largest absolute Gasteiger partial charge is 0.291 e. The quantitative estimate of drug-likeness (QED) is 0.886. The first-order valence-corrected chi connectivity index (χ1v) is 9.62. The molecule has 1 aliphatic heterocycles. The van der Waals surface area contributed by atoms with Gasteiger partial charge in [0.15, 0.2) is 0 Å². The number of nitrogens with one attached hydrogen (secondary N) is 1. The lowest BCUT2D eigenvalue weighted by Crippen LogP contribution is -2.42. The zero-order valence-electron chi connectivity index (χ0n) is 12.8. The summed E-state index contributed by atoms with van der Waals surface area (Å²) in [5, 5.41) is 5.07. The van der Waals surface area contributed by atoms with E-state index in [1.165, 1.54) is 6.26 Å². The smallest absolute Gasteiger partial charge is 0.208 e. The molecule has 0 spiro atoms. The van der Waals surface area contributed by atoms with Crippen LogP contribution in [-0.4, -0.2) is 42.4 Å². The second-order valence-corrected chi connectivity index (χ2v) is 8.04. The summed E-state index contributed by atoms with van der Waals surface area (Å²) in [7, 11) is -3.22. The van der Waals surface area contributed by atoms with Crippen LogP contribution in [0.2, 0.25) is 5.02 Å². The van der Waals surface area contributed by atoms with Gasteiger partial charge < -0.3 is 0 Å². The van der Waals surface area contributed by atoms with Gasteiger partial charge in [-0.1, -0.05) is 29.8 Å². The average Bonchev–Trinajstić information content (AvgIpc) is 2.95. The van der Waals surface area contributed by atoms with Crippen molar-refractivity contribution in [1.82, 2.24) is 19.4 Å². The van der Waals surface area contributed by atoms with Gasteiger partial charge in [0.2, 0.25) is 10.0 Å². The number of aromatic nitrogens is 2. The molecule has 6 nitrogen and oxygen atoms in total. The number of benzene rings is 1. The minimum absolute atomic E-state index is 0.0361. The first-order valence-electron chi connectivity index (χ1n) is 7.35. The zero-order chi connectivity index (χ0) is 16.4. The first-order chi connectivity index (χ1) is 10.9. The highest BCUT2D eigenvalue weighted by atomic mass is 35.5. The van der Waals surface area contributed by atoms with E-state index in [-0.39, 0.29) is 6.04 Å². The highest BCUT2D eigenvalue weighted by molar-refractivity contribution is 7.88. The predicted molar refractivity (Wildman–Crippen MR) is 89.7 cm³/mol. The summed E-state index contributed by atoms with van der Waals surface area (Å²) in [6.45, 7) is 2.52. The third-order valence-electron chi connectivity index (χ3n) is 3.89. The van der Waals surface area contributed by atoms with Crippen molar-refractivity contribution in [3.05, 3.63) is 52.8 Å². The molecule has 1 aromatic carbocycles. The van der Waals surface area contributed by atoms with E-state index in [2.05, 4.69) is 14.7 Å². The summed E-state index contributed by atoms with van der Waals surface area (Å²) < 4.78 is 27.2. The fraction of sp³-hybridized carbons (Fsp3) is 0.400. The summed E-state index contributed by atoms with van der Waals surface area (Å²) in [4.78, 5) is 2.26. The number of fused-ring (bicyclic) bond motifs is 1. The molecule has 2 heterocycles. The molecule has 0 bridgehead atoms. The Hall–Kier alpha value is -1.41. The molecule has 1 N–H and O–H groups in total. The topological polar surface area (TPSA) is 67.2 Å². The van der Waals surface area contributed by atoms with Crippen LogP contribution < -0.4 is 4.72 Å². The number of nitrogens with zero attached hydrogens (tertiary/aromatic N) is 3. The molecule has 1 aliphatic rings. The maximum atomic E-state index is 11.4. The third-order valence-corrected chi connectivity index (χ3v) is 4.95. The Balaban J connectivity index is 1.76. The van der Waals surface area contributed by atoms with Crippen LogP contribution >= 0.6 is 11.6 Å². The Morgan fingerprint density at radius 1 is 1.35 bits per heavy atom. The van der Waals surface area contributed by atoms with Gasteiger partial charge in [0, 0.05) is 37.4 Å². The van der Waals surface area contributed by atoms with Crippen molar-refractivity contribution in [3.8, 4) is 0 Å². The molecule has 0 radical (unpaired) electrons. The van der Waals surface area contributed by atoms with Gasteiger partial charge in [-0.3, -0.25) is 9.58 Å². The predicted octanol–water partition coefficient (Wildman–Crippen LogP) is 1.64. The highest BCUT2D eigenvalue weighted by Gasteiger charge is 2.26. The van der Waals surface area contributed by atoms with E-state index < -0.39 is 10.0 Å². The molecule has 1 aromatic heterocycles. The van der Waals surface area contributed by atoms with Gasteiger partial charge in [0.1, 0.15) is 0 Å². The normalized spacial score (nSPS) is 18.8. The molecule has 0 aliphatic carbocycles. The fourth-order valence-corrected chi connectivity index (χ4v) is 3.54. The number of rotatable bonds is 5. The SMILES string of the molecule is CS(=O)(=O)NC[C@H]1CN(Cc2ccccc2Cl)Cc2ccnn21. The van der Waals surface area contributed by atoms with E-state index in [0.29, 0.717) is 13.1 Å². The molecular weight excluding hydrogens is 336 g/mol. The van der Waals surface area contributed by atoms with Crippen LogP contribution in [0, 0.1) is 0 Å². The van der Waals surface area contributed by atoms with Gasteiger partial charge in [-0.2, -0.15) is 5.10 Å². The number of hydrogen-bond donors (Lipinski definition) is 1. The lowest BCUT2D eigenvalue weighted by Gasteiger charge is -2.34. The Labute approximate surface area is 141 Å². The molecule has 0 unspecified atom stereocenters. The maximum absolute atomic E-state index is 11.4. The lowest BCUT2D eigenvalue weighted by atomic mass is 10.1. The van der Waals surface area contributed by atoms with Crippen LogP contribution in [0.25, 0.3) is 0 Å². The summed E-state index contributed by atoms with van der Waals surface area (Å²) >= 11 is 6.24. The van der Waals surface area contributed by atoms with Gasteiger partial charge in [-0.15, -0.1) is 0 Å². The van der Waals surface area contributed by atoms with Gasteiger partial charge in [0.05, 0.1) is 18.0 Å². The minimum Gasteiger partial charge on any atom is -0.291 e. The standard InChI is InChI=1S/C15H19ClN4O2S/c1-23(21,22)18-8-14-11-19(10-13-6-7-17-20(13)14)9-12-4-2-3-5-15(12)16/h2-7,14,18H,8-11H2,1H3/t14-/m0/s1. The molecule has 2 aromatic rings. The first kappa shape index (κ1) is 16.4. The van der Waals surface area contributed by atoms with Crippen molar-refractivity contribution in [1.29, 1.82) is 0 Å². The molecule has 1 atom stereocenters. The maximum Gasteiger partial charge on any atom is 0.208 e. The van der Waals surface area contributed by atoms with Crippen molar-refractivity contribution < 1.29 is 8.42 Å². The van der Waals surface area contributed by atoms with Crippen LogP contribution in [0.15, 0.2) is 36.5 Å². The second-order valence-electron chi connectivity index (χ2n) is 5.80. The number of halogens is 1. The summed E-state index contributed by atoms with van der Waals surface area (Å²) in [6.07, 6.45) is 2.92. The summed E-state index contributed by atoms with van der Waals surface area (Å²) in [6, 6.07) is 9.71. The van der Waals surface area contributed by atoms with Crippen LogP contribution in [0.1, 0.15) is 17.3 Å². The van der Waals surface area contributed by atoms with Gasteiger partial charge in [0.25, 0.3) is 0 Å². The highest BCUT2D eigenvalue weighted by Crippen LogP contribution is 2.24. The average molecular weight is 355 g/mol. The lowest BCUT2D eigenvalue weighted by molar-refractivity contribution is 0.168. The fourth-order valence-electron chi connectivity index (χ4n) is 2.85. The minimum atomic E-state index is -3.22. The van der Waals surface area contributed by atoms with E-state index in [1.54, 1.807) is 6.20 Å². The van der Waals surface area contributed by atoms with Crippen molar-refractivity contribution in [3.63, 3.8) is 0 Å². The van der Waals surface area contributed by atoms with Crippen LogP contribution in [0.3, 0.4) is 0 Å². The van der Waals surface area contributed by atoms with Crippen molar-refractivity contribution in [2.24, 2.45) is 0 Å². The Morgan fingerprint density at radius 2 is 2.13 bits per heavy atom. The van der Waals surface area contributed by atoms with E-state index in [4.69, 9.17) is 11.6 Å². The number of hydrogen-bond acceptors (Lipinski definition) is 4. The molecule has 3 rings (SSSR count). The van der Waals surface area contributed by atoms with E-state index in [1.807, 2.05) is 35.0 Å². The van der Waals surface area contributed by atoms with E-state index in [9.17, 15) is 8.42 Å². The zero-order valence-corrected chi connectivity index (χ0v) is 14.4. The van der Waals surface area contributed by atoms with Crippen molar-refractivity contribution in [2.75, 3.05) is 19.3 Å². The number of sulfonamides is 1. The Kier molecular flexibility index (Phi) is 4.72. The molecule has 23 heavy (non-hydrogen) atoms.